The van der Waals surface area contributed by atoms with Gasteiger partial charge >= 0.3 is 0 Å². The van der Waals surface area contributed by atoms with Gasteiger partial charge in [-0.05, 0) is 23.6 Å². The lowest BCUT2D eigenvalue weighted by molar-refractivity contribution is 0.122. The monoisotopic (exact) mass is 326 g/mol. The average molecular weight is 326 g/mol. The van der Waals surface area contributed by atoms with Crippen molar-refractivity contribution in [2.24, 2.45) is 0 Å². The van der Waals surface area contributed by atoms with Crippen LogP contribution in [0.2, 0.25) is 0 Å². The highest BCUT2D eigenvalue weighted by molar-refractivity contribution is 5.46. The van der Waals surface area contributed by atoms with Crippen LogP contribution in [0, 0.1) is 0 Å². The third-order valence-corrected chi connectivity index (χ3v) is 4.69. The van der Waals surface area contributed by atoms with Crippen LogP contribution in [0.5, 0.6) is 0 Å². The molecule has 1 fully saturated rings. The molecule has 2 aromatic rings. The normalized spacial score (nSPS) is 21.3. The minimum atomic E-state index is -0.410. The molecule has 0 spiro atoms. The standard InChI is InChI=1S/C18H22N4O2/c23-16-6-8-22(13-14-3-1-2-4-15(14)16)17-5-7-19-18(20-17)21-9-11-24-12-10-21/h1-5,7,16,23H,6,8-13H2. The Morgan fingerprint density at radius 2 is 1.88 bits per heavy atom. The van der Waals surface area contributed by atoms with Crippen molar-refractivity contribution in [3.63, 3.8) is 0 Å². The number of aliphatic hydroxyl groups is 1. The predicted octanol–water partition coefficient (Wildman–Crippen LogP) is 1.76. The maximum absolute atomic E-state index is 10.4. The van der Waals surface area contributed by atoms with E-state index in [1.54, 1.807) is 0 Å². The zero-order valence-electron chi connectivity index (χ0n) is 13.6. The molecule has 0 bridgehead atoms. The van der Waals surface area contributed by atoms with Crippen LogP contribution in [-0.4, -0.2) is 47.9 Å². The molecule has 1 N–H and O–H groups in total. The lowest BCUT2D eigenvalue weighted by Gasteiger charge is -2.28. The molecular formula is C18H22N4O2. The minimum absolute atomic E-state index is 0.410. The van der Waals surface area contributed by atoms with Crippen molar-refractivity contribution in [3.8, 4) is 0 Å². The summed E-state index contributed by atoms with van der Waals surface area (Å²) in [6.45, 7) is 4.62. The summed E-state index contributed by atoms with van der Waals surface area (Å²) in [5.74, 6) is 1.67. The van der Waals surface area contributed by atoms with Crippen LogP contribution in [0.1, 0.15) is 23.7 Å². The van der Waals surface area contributed by atoms with Gasteiger partial charge in [0.15, 0.2) is 0 Å². The summed E-state index contributed by atoms with van der Waals surface area (Å²) in [4.78, 5) is 13.6. The van der Waals surface area contributed by atoms with Crippen molar-refractivity contribution in [1.29, 1.82) is 0 Å². The van der Waals surface area contributed by atoms with Gasteiger partial charge in [-0.3, -0.25) is 0 Å². The molecule has 2 aliphatic rings. The summed E-state index contributed by atoms with van der Waals surface area (Å²) in [6, 6.07) is 10.1. The maximum atomic E-state index is 10.4. The molecule has 0 aliphatic carbocycles. The largest absolute Gasteiger partial charge is 0.388 e. The predicted molar refractivity (Wildman–Crippen MR) is 92.1 cm³/mol. The highest BCUT2D eigenvalue weighted by Crippen LogP contribution is 2.29. The molecule has 126 valence electrons. The highest BCUT2D eigenvalue weighted by Gasteiger charge is 2.22. The van der Waals surface area contributed by atoms with E-state index in [0.717, 1.165) is 62.3 Å². The molecule has 6 nitrogen and oxygen atoms in total. The van der Waals surface area contributed by atoms with Crippen molar-refractivity contribution < 1.29 is 9.84 Å². The highest BCUT2D eigenvalue weighted by atomic mass is 16.5. The van der Waals surface area contributed by atoms with Crippen molar-refractivity contribution in [2.75, 3.05) is 42.6 Å². The Hall–Kier alpha value is -2.18. The van der Waals surface area contributed by atoms with Gasteiger partial charge in [0.1, 0.15) is 5.82 Å². The molecule has 2 aliphatic heterocycles. The van der Waals surface area contributed by atoms with E-state index < -0.39 is 6.10 Å². The molecule has 1 aromatic heterocycles. The smallest absolute Gasteiger partial charge is 0.227 e. The van der Waals surface area contributed by atoms with Gasteiger partial charge in [0.2, 0.25) is 5.95 Å². The van der Waals surface area contributed by atoms with Crippen molar-refractivity contribution in [2.45, 2.75) is 19.1 Å². The van der Waals surface area contributed by atoms with Gasteiger partial charge in [-0.15, -0.1) is 0 Å². The van der Waals surface area contributed by atoms with E-state index in [9.17, 15) is 5.11 Å². The Labute approximate surface area is 141 Å². The SMILES string of the molecule is OC1CCN(c2ccnc(N3CCOCC3)n2)Cc2ccccc21. The lowest BCUT2D eigenvalue weighted by Crippen LogP contribution is -2.37. The number of fused-ring (bicyclic) bond motifs is 1. The fraction of sp³-hybridized carbons (Fsp3) is 0.444. The number of ether oxygens (including phenoxy) is 1. The Kier molecular flexibility index (Phi) is 4.32. The molecule has 24 heavy (non-hydrogen) atoms. The number of nitrogens with zero attached hydrogens (tertiary/aromatic N) is 4. The van der Waals surface area contributed by atoms with Gasteiger partial charge in [0.25, 0.3) is 0 Å². The summed E-state index contributed by atoms with van der Waals surface area (Å²) < 4.78 is 5.40. The number of aliphatic hydroxyl groups excluding tert-OH is 1. The van der Waals surface area contributed by atoms with Gasteiger partial charge in [-0.25, -0.2) is 4.98 Å². The Bertz CT molecular complexity index is 703. The van der Waals surface area contributed by atoms with E-state index in [4.69, 9.17) is 9.72 Å². The van der Waals surface area contributed by atoms with Crippen LogP contribution in [0.15, 0.2) is 36.5 Å². The molecule has 0 amide bonds. The number of aromatic nitrogens is 2. The van der Waals surface area contributed by atoms with Gasteiger partial charge in [-0.1, -0.05) is 24.3 Å². The fourth-order valence-corrected chi connectivity index (χ4v) is 3.35. The van der Waals surface area contributed by atoms with E-state index in [2.05, 4.69) is 20.9 Å². The van der Waals surface area contributed by atoms with Gasteiger partial charge < -0.3 is 19.6 Å². The quantitative estimate of drug-likeness (QED) is 0.907. The van der Waals surface area contributed by atoms with Crippen LogP contribution >= 0.6 is 0 Å². The zero-order valence-corrected chi connectivity index (χ0v) is 13.6. The van der Waals surface area contributed by atoms with Crippen LogP contribution in [-0.2, 0) is 11.3 Å². The minimum Gasteiger partial charge on any atom is -0.388 e. The molecule has 0 saturated carbocycles. The second-order valence-corrected chi connectivity index (χ2v) is 6.24. The van der Waals surface area contributed by atoms with E-state index >= 15 is 0 Å². The number of anilines is 2. The molecule has 1 saturated heterocycles. The second-order valence-electron chi connectivity index (χ2n) is 6.24. The summed E-state index contributed by atoms with van der Waals surface area (Å²) in [5, 5.41) is 10.4. The Morgan fingerprint density at radius 3 is 2.75 bits per heavy atom. The second kappa shape index (κ2) is 6.75. The Balaban J connectivity index is 1.59. The molecule has 1 atom stereocenters. The number of hydrogen-bond donors (Lipinski definition) is 1. The van der Waals surface area contributed by atoms with Gasteiger partial charge in [0, 0.05) is 32.4 Å². The number of rotatable bonds is 2. The summed E-state index contributed by atoms with van der Waals surface area (Å²) in [7, 11) is 0. The van der Waals surface area contributed by atoms with Crippen LogP contribution < -0.4 is 9.80 Å². The van der Waals surface area contributed by atoms with Crippen molar-refractivity contribution >= 4 is 11.8 Å². The topological polar surface area (TPSA) is 61.7 Å². The molecule has 1 unspecified atom stereocenters. The van der Waals surface area contributed by atoms with E-state index in [1.807, 2.05) is 30.5 Å². The number of morpholine rings is 1. The fourth-order valence-electron chi connectivity index (χ4n) is 3.35. The van der Waals surface area contributed by atoms with E-state index in [0.29, 0.717) is 6.42 Å². The molecule has 3 heterocycles. The first kappa shape index (κ1) is 15.4. The van der Waals surface area contributed by atoms with Gasteiger partial charge in [0.05, 0.1) is 19.3 Å². The lowest BCUT2D eigenvalue weighted by atomic mass is 10.0. The first-order valence-electron chi connectivity index (χ1n) is 8.48. The third kappa shape index (κ3) is 3.07. The number of hydrogen-bond acceptors (Lipinski definition) is 6. The molecule has 1 aromatic carbocycles. The van der Waals surface area contributed by atoms with Crippen LogP contribution in [0.3, 0.4) is 0 Å². The first-order chi connectivity index (χ1) is 11.8. The molecule has 4 rings (SSSR count). The molecular weight excluding hydrogens is 304 g/mol. The first-order valence-corrected chi connectivity index (χ1v) is 8.48. The number of benzene rings is 1. The van der Waals surface area contributed by atoms with Crippen molar-refractivity contribution in [1.82, 2.24) is 9.97 Å². The summed E-state index contributed by atoms with van der Waals surface area (Å²) >= 11 is 0. The Morgan fingerprint density at radius 1 is 1.04 bits per heavy atom. The van der Waals surface area contributed by atoms with Crippen LogP contribution in [0.4, 0.5) is 11.8 Å². The van der Waals surface area contributed by atoms with Gasteiger partial charge in [-0.2, -0.15) is 4.98 Å². The molecule has 6 heteroatoms. The van der Waals surface area contributed by atoms with E-state index in [1.165, 1.54) is 0 Å². The molecule has 0 radical (unpaired) electrons. The van der Waals surface area contributed by atoms with E-state index in [-0.39, 0.29) is 0 Å². The maximum Gasteiger partial charge on any atom is 0.227 e. The summed E-state index contributed by atoms with van der Waals surface area (Å²) in [6.07, 6.45) is 2.11. The average Bonchev–Trinajstić information content (AvgIpc) is 2.82. The third-order valence-electron chi connectivity index (χ3n) is 4.69. The van der Waals surface area contributed by atoms with Crippen LogP contribution in [0.25, 0.3) is 0 Å². The van der Waals surface area contributed by atoms with Crippen molar-refractivity contribution in [3.05, 3.63) is 47.7 Å². The summed E-state index contributed by atoms with van der Waals surface area (Å²) in [5.41, 5.74) is 2.19. The zero-order chi connectivity index (χ0) is 16.4.